The Morgan fingerprint density at radius 3 is 2.78 bits per heavy atom. The number of fused-ring (bicyclic) bond motifs is 2. The van der Waals surface area contributed by atoms with Gasteiger partial charge in [-0.25, -0.2) is 14.1 Å². The van der Waals surface area contributed by atoms with Gasteiger partial charge in [-0.1, -0.05) is 35.9 Å². The Bertz CT molecular complexity index is 1210. The van der Waals surface area contributed by atoms with E-state index in [2.05, 4.69) is 10.3 Å². The van der Waals surface area contributed by atoms with Crippen molar-refractivity contribution in [1.29, 1.82) is 0 Å². The Morgan fingerprint density at radius 1 is 1.16 bits per heavy atom. The minimum Gasteiger partial charge on any atom is -0.497 e. The first-order valence-corrected chi connectivity index (χ1v) is 10.8. The van der Waals surface area contributed by atoms with Crippen LogP contribution in [0, 0.1) is 5.92 Å². The number of amides is 3. The van der Waals surface area contributed by atoms with Gasteiger partial charge >= 0.3 is 6.03 Å². The standard InChI is InChI=1S/C24H21ClFN3O3/c1-32-15-6-7-18(25)17(10-15)14-8-19(26)22-20(9-14)28-24(31)29(23(22)30)21-12-27-11-13-4-2-3-5-16(13)21/h2-7,10-12,14,19-20,22H,8-9H2,1H3,(H,28,31). The predicted octanol–water partition coefficient (Wildman–Crippen LogP) is 4.85. The van der Waals surface area contributed by atoms with Gasteiger partial charge in [0.1, 0.15) is 11.9 Å². The van der Waals surface area contributed by atoms with E-state index in [1.807, 2.05) is 24.3 Å². The van der Waals surface area contributed by atoms with Gasteiger partial charge in [0.15, 0.2) is 0 Å². The first-order chi connectivity index (χ1) is 15.5. The van der Waals surface area contributed by atoms with E-state index in [1.165, 1.54) is 6.20 Å². The summed E-state index contributed by atoms with van der Waals surface area (Å²) in [7, 11) is 1.55. The van der Waals surface area contributed by atoms with Crippen LogP contribution < -0.4 is 15.0 Å². The van der Waals surface area contributed by atoms with Crippen LogP contribution in [0.1, 0.15) is 24.3 Å². The molecule has 1 saturated heterocycles. The van der Waals surface area contributed by atoms with E-state index in [1.54, 1.807) is 31.5 Å². The third-order valence-corrected chi connectivity index (χ3v) is 6.76. The Labute approximate surface area is 189 Å². The molecule has 1 N–H and O–H groups in total. The summed E-state index contributed by atoms with van der Waals surface area (Å²) in [5.41, 5.74) is 1.11. The number of hydrogen-bond donors (Lipinski definition) is 1. The summed E-state index contributed by atoms with van der Waals surface area (Å²) in [6.45, 7) is 0. The number of nitrogens with zero attached hydrogens (tertiary/aromatic N) is 2. The number of carbonyl (C=O) groups is 2. The molecule has 4 atom stereocenters. The minimum atomic E-state index is -1.43. The van der Waals surface area contributed by atoms with Gasteiger partial charge in [0.2, 0.25) is 5.91 Å². The molecule has 6 nitrogen and oxygen atoms in total. The van der Waals surface area contributed by atoms with Gasteiger partial charge in [-0.05, 0) is 42.5 Å². The molecule has 3 aromatic rings. The first kappa shape index (κ1) is 20.7. The third-order valence-electron chi connectivity index (χ3n) is 6.42. The van der Waals surface area contributed by atoms with Crippen molar-refractivity contribution in [3.63, 3.8) is 0 Å². The number of anilines is 1. The molecule has 1 saturated carbocycles. The molecule has 32 heavy (non-hydrogen) atoms. The summed E-state index contributed by atoms with van der Waals surface area (Å²) in [6.07, 6.45) is 2.25. The summed E-state index contributed by atoms with van der Waals surface area (Å²) < 4.78 is 20.7. The maximum absolute atomic E-state index is 15.5. The summed E-state index contributed by atoms with van der Waals surface area (Å²) in [4.78, 5) is 31.6. The molecular formula is C24H21ClFN3O3. The first-order valence-electron chi connectivity index (χ1n) is 10.4. The molecule has 164 valence electrons. The number of rotatable bonds is 3. The fourth-order valence-corrected chi connectivity index (χ4v) is 5.16. The Morgan fingerprint density at radius 2 is 1.97 bits per heavy atom. The van der Waals surface area contributed by atoms with Crippen molar-refractivity contribution in [3.8, 4) is 5.75 Å². The second-order valence-corrected chi connectivity index (χ2v) is 8.61. The largest absolute Gasteiger partial charge is 0.497 e. The van der Waals surface area contributed by atoms with Gasteiger partial charge in [0, 0.05) is 28.0 Å². The van der Waals surface area contributed by atoms with Crippen molar-refractivity contribution in [2.45, 2.75) is 31.0 Å². The monoisotopic (exact) mass is 453 g/mol. The van der Waals surface area contributed by atoms with Gasteiger partial charge < -0.3 is 10.1 Å². The fourth-order valence-electron chi connectivity index (χ4n) is 4.89. The van der Waals surface area contributed by atoms with Crippen molar-refractivity contribution in [2.75, 3.05) is 12.0 Å². The number of imide groups is 1. The second-order valence-electron chi connectivity index (χ2n) is 8.21. The van der Waals surface area contributed by atoms with Crippen LogP contribution in [0.2, 0.25) is 5.02 Å². The molecule has 1 aromatic heterocycles. The van der Waals surface area contributed by atoms with Crippen LogP contribution in [-0.2, 0) is 4.79 Å². The highest BCUT2D eigenvalue weighted by Gasteiger charge is 2.50. The van der Waals surface area contributed by atoms with E-state index in [4.69, 9.17) is 16.3 Å². The van der Waals surface area contributed by atoms with Crippen molar-refractivity contribution < 1.29 is 18.7 Å². The quantitative estimate of drug-likeness (QED) is 0.615. The number of carbonyl (C=O) groups excluding carboxylic acids is 2. The van der Waals surface area contributed by atoms with Crippen LogP contribution in [0.5, 0.6) is 5.75 Å². The number of halogens is 2. The maximum atomic E-state index is 15.5. The van der Waals surface area contributed by atoms with Crippen LogP contribution >= 0.6 is 11.6 Å². The van der Waals surface area contributed by atoms with Crippen LogP contribution in [0.15, 0.2) is 54.9 Å². The maximum Gasteiger partial charge on any atom is 0.329 e. The lowest BCUT2D eigenvalue weighted by atomic mass is 9.73. The van der Waals surface area contributed by atoms with Gasteiger partial charge in [-0.15, -0.1) is 0 Å². The number of urea groups is 1. The average Bonchev–Trinajstić information content (AvgIpc) is 2.79. The number of alkyl halides is 1. The highest BCUT2D eigenvalue weighted by atomic mass is 35.5. The molecule has 1 aliphatic heterocycles. The van der Waals surface area contributed by atoms with Crippen LogP contribution in [-0.4, -0.2) is 36.2 Å². The molecule has 4 unspecified atom stereocenters. The normalized spacial score (nSPS) is 25.4. The van der Waals surface area contributed by atoms with Crippen LogP contribution in [0.25, 0.3) is 10.8 Å². The lowest BCUT2D eigenvalue weighted by Gasteiger charge is -2.44. The van der Waals surface area contributed by atoms with Gasteiger partial charge in [0.25, 0.3) is 0 Å². The second kappa shape index (κ2) is 8.06. The van der Waals surface area contributed by atoms with Crippen LogP contribution in [0.4, 0.5) is 14.9 Å². The van der Waals surface area contributed by atoms with E-state index < -0.39 is 30.1 Å². The topological polar surface area (TPSA) is 71.5 Å². The molecule has 8 heteroatoms. The smallest absolute Gasteiger partial charge is 0.329 e. The molecule has 2 aliphatic rings. The van der Waals surface area contributed by atoms with E-state index in [0.29, 0.717) is 28.3 Å². The zero-order valence-corrected chi connectivity index (χ0v) is 18.1. The number of pyridine rings is 1. The lowest BCUT2D eigenvalue weighted by Crippen LogP contribution is -2.64. The number of benzene rings is 2. The Kier molecular flexibility index (Phi) is 5.21. The molecule has 2 fully saturated rings. The minimum absolute atomic E-state index is 0.136. The molecule has 3 amide bonds. The summed E-state index contributed by atoms with van der Waals surface area (Å²) >= 11 is 6.38. The third kappa shape index (κ3) is 3.37. The highest BCUT2D eigenvalue weighted by Crippen LogP contribution is 2.44. The van der Waals surface area contributed by atoms with E-state index in [0.717, 1.165) is 15.8 Å². The molecular weight excluding hydrogens is 433 g/mol. The molecule has 0 spiro atoms. The average molecular weight is 454 g/mol. The molecule has 5 rings (SSSR count). The highest BCUT2D eigenvalue weighted by molar-refractivity contribution is 6.31. The fraction of sp³-hybridized carbons (Fsp3) is 0.292. The molecule has 1 aliphatic carbocycles. The summed E-state index contributed by atoms with van der Waals surface area (Å²) in [5, 5.41) is 4.87. The zero-order chi connectivity index (χ0) is 22.4. The summed E-state index contributed by atoms with van der Waals surface area (Å²) in [6, 6.07) is 11.4. The Hall–Kier alpha value is -3.19. The van der Waals surface area contributed by atoms with Crippen molar-refractivity contribution in [1.82, 2.24) is 10.3 Å². The molecule has 0 radical (unpaired) electrons. The van der Waals surface area contributed by atoms with Crippen molar-refractivity contribution in [2.24, 2.45) is 5.92 Å². The van der Waals surface area contributed by atoms with Crippen molar-refractivity contribution >= 4 is 40.0 Å². The van der Waals surface area contributed by atoms with E-state index in [9.17, 15) is 9.59 Å². The number of nitrogens with one attached hydrogen (secondary N) is 1. The van der Waals surface area contributed by atoms with Crippen molar-refractivity contribution in [3.05, 3.63) is 65.4 Å². The van der Waals surface area contributed by atoms with Gasteiger partial charge in [-0.2, -0.15) is 0 Å². The predicted molar refractivity (Wildman–Crippen MR) is 120 cm³/mol. The SMILES string of the molecule is COc1ccc(Cl)c(C2CC(F)C3C(=O)N(c4cncc5ccccc45)C(=O)NC3C2)c1. The number of hydrogen-bond acceptors (Lipinski definition) is 4. The molecule has 2 heterocycles. The van der Waals surface area contributed by atoms with Gasteiger partial charge in [0.05, 0.1) is 24.9 Å². The number of aromatic nitrogens is 1. The summed E-state index contributed by atoms with van der Waals surface area (Å²) in [5.74, 6) is -1.13. The number of ether oxygens (including phenoxy) is 1. The van der Waals surface area contributed by atoms with Gasteiger partial charge in [-0.3, -0.25) is 9.78 Å². The molecule has 0 bridgehead atoms. The van der Waals surface area contributed by atoms with Crippen LogP contribution in [0.3, 0.4) is 0 Å². The zero-order valence-electron chi connectivity index (χ0n) is 17.3. The lowest BCUT2D eigenvalue weighted by molar-refractivity contribution is -0.127. The Balaban J connectivity index is 1.47. The molecule has 2 aromatic carbocycles. The number of methoxy groups -OCH3 is 1. The van der Waals surface area contributed by atoms with E-state index in [-0.39, 0.29) is 12.3 Å². The van der Waals surface area contributed by atoms with E-state index >= 15 is 4.39 Å².